The number of rotatable bonds is 7. The highest BCUT2D eigenvalue weighted by molar-refractivity contribution is 8.22. The van der Waals surface area contributed by atoms with Crippen molar-refractivity contribution in [3.8, 4) is 0 Å². The number of carbonyl (C=O) groups is 2. The fraction of sp³-hybridized carbons (Fsp3) is 0.519. The predicted molar refractivity (Wildman–Crippen MR) is 145 cm³/mol. The molecular weight excluding hydrogens is 468 g/mol. The van der Waals surface area contributed by atoms with Crippen molar-refractivity contribution in [3.05, 3.63) is 59.3 Å². The minimum Gasteiger partial charge on any atom is -0.474 e. The summed E-state index contributed by atoms with van der Waals surface area (Å²) in [5, 5.41) is 11.1. The number of hydrogen-bond acceptors (Lipinski definition) is 7. The zero-order valence-corrected chi connectivity index (χ0v) is 23.0. The van der Waals surface area contributed by atoms with Gasteiger partial charge in [-0.05, 0) is 96.0 Å². The second-order valence-electron chi connectivity index (χ2n) is 9.51. The number of ether oxygens (including phenoxy) is 2. The highest BCUT2D eigenvalue weighted by Gasteiger charge is 2.33. The molecule has 0 heterocycles. The van der Waals surface area contributed by atoms with Crippen molar-refractivity contribution in [2.45, 2.75) is 72.5 Å². The van der Waals surface area contributed by atoms with Crippen molar-refractivity contribution in [1.82, 2.24) is 0 Å². The maximum absolute atomic E-state index is 13.0. The quantitative estimate of drug-likeness (QED) is 0.195. The van der Waals surface area contributed by atoms with Crippen LogP contribution >= 0.6 is 24.0 Å². The second-order valence-corrected chi connectivity index (χ2v) is 10.9. The maximum atomic E-state index is 13.0. The SMILES string of the molecule is CSC(=S)OC/C1=C/C[C@](C)(CCC=C(C)C)/C=C/[C@@H](OC(=O)C=C(C)C)[C@](C)(O)/C=C/C1=O. The first-order valence-corrected chi connectivity index (χ1v) is 13.0. The Kier molecular flexibility index (Phi) is 12.2. The van der Waals surface area contributed by atoms with E-state index in [0.29, 0.717) is 16.4 Å². The van der Waals surface area contributed by atoms with E-state index in [1.54, 1.807) is 19.9 Å². The Labute approximate surface area is 214 Å². The van der Waals surface area contributed by atoms with Crippen molar-refractivity contribution in [3.63, 3.8) is 0 Å². The molecule has 0 amide bonds. The van der Waals surface area contributed by atoms with Crippen molar-refractivity contribution in [1.29, 1.82) is 0 Å². The lowest BCUT2D eigenvalue weighted by Gasteiger charge is -2.29. The molecule has 0 saturated carbocycles. The summed E-state index contributed by atoms with van der Waals surface area (Å²) in [6.45, 7) is 11.4. The Morgan fingerprint density at radius 1 is 1.24 bits per heavy atom. The van der Waals surface area contributed by atoms with Crippen LogP contribution in [0.2, 0.25) is 0 Å². The van der Waals surface area contributed by atoms with Gasteiger partial charge in [-0.15, -0.1) is 0 Å². The van der Waals surface area contributed by atoms with E-state index in [2.05, 4.69) is 26.8 Å². The number of thiocarbonyl (C=S) groups is 1. The summed E-state index contributed by atoms with van der Waals surface area (Å²) < 4.78 is 11.5. The highest BCUT2D eigenvalue weighted by atomic mass is 32.2. The molecule has 1 aliphatic carbocycles. The van der Waals surface area contributed by atoms with Crippen LogP contribution in [0.4, 0.5) is 0 Å². The van der Waals surface area contributed by atoms with E-state index in [1.165, 1.54) is 42.5 Å². The van der Waals surface area contributed by atoms with Gasteiger partial charge in [0.2, 0.25) is 4.38 Å². The van der Waals surface area contributed by atoms with Crippen molar-refractivity contribution < 1.29 is 24.2 Å². The minimum absolute atomic E-state index is 0.0533. The highest BCUT2D eigenvalue weighted by Crippen LogP contribution is 2.33. The molecule has 34 heavy (non-hydrogen) atoms. The molecule has 0 bridgehead atoms. The van der Waals surface area contributed by atoms with Crippen LogP contribution in [-0.2, 0) is 19.1 Å². The number of allylic oxidation sites excluding steroid dienone is 6. The number of ketones is 1. The normalized spacial score (nSPS) is 28.4. The van der Waals surface area contributed by atoms with Gasteiger partial charge >= 0.3 is 5.97 Å². The Balaban J connectivity index is 3.42. The van der Waals surface area contributed by atoms with Crippen LogP contribution in [-0.4, -0.2) is 45.8 Å². The lowest BCUT2D eigenvalue weighted by atomic mass is 9.80. The van der Waals surface area contributed by atoms with E-state index in [1.807, 2.05) is 18.4 Å². The summed E-state index contributed by atoms with van der Waals surface area (Å²) in [5.41, 5.74) is 0.544. The van der Waals surface area contributed by atoms with Crippen LogP contribution in [0.3, 0.4) is 0 Å². The fourth-order valence-corrected chi connectivity index (χ4v) is 3.48. The molecule has 0 aromatic rings. The monoisotopic (exact) mass is 506 g/mol. The van der Waals surface area contributed by atoms with Gasteiger partial charge in [-0.25, -0.2) is 4.79 Å². The molecule has 0 spiro atoms. The second kappa shape index (κ2) is 13.8. The molecule has 0 saturated heterocycles. The van der Waals surface area contributed by atoms with Crippen LogP contribution in [0.15, 0.2) is 59.3 Å². The van der Waals surface area contributed by atoms with Crippen molar-refractivity contribution in [2.24, 2.45) is 5.41 Å². The molecule has 1 N–H and O–H groups in total. The molecular formula is C27H38O5S2. The zero-order chi connectivity index (χ0) is 25.9. The summed E-state index contributed by atoms with van der Waals surface area (Å²) in [6.07, 6.45) is 14.9. The molecule has 0 fully saturated rings. The summed E-state index contributed by atoms with van der Waals surface area (Å²) in [7, 11) is 0. The van der Waals surface area contributed by atoms with E-state index < -0.39 is 17.7 Å². The molecule has 1 rings (SSSR count). The molecule has 3 atom stereocenters. The van der Waals surface area contributed by atoms with Crippen LogP contribution in [0.5, 0.6) is 0 Å². The number of thioether (sulfide) groups is 1. The number of carbonyl (C=O) groups excluding carboxylic acids is 2. The van der Waals surface area contributed by atoms with Gasteiger partial charge in [-0.3, -0.25) is 4.79 Å². The lowest BCUT2D eigenvalue weighted by Crippen LogP contribution is -2.39. The van der Waals surface area contributed by atoms with Crippen LogP contribution in [0.1, 0.15) is 60.8 Å². The van der Waals surface area contributed by atoms with Gasteiger partial charge < -0.3 is 14.6 Å². The molecule has 0 unspecified atom stereocenters. The molecule has 0 aliphatic heterocycles. The first kappa shape index (κ1) is 30.1. The first-order valence-electron chi connectivity index (χ1n) is 11.3. The Bertz CT molecular complexity index is 900. The third-order valence-electron chi connectivity index (χ3n) is 5.38. The Morgan fingerprint density at radius 3 is 2.50 bits per heavy atom. The number of aliphatic hydroxyl groups is 1. The lowest BCUT2D eigenvalue weighted by molar-refractivity contribution is -0.148. The third-order valence-corrected chi connectivity index (χ3v) is 6.45. The van der Waals surface area contributed by atoms with Gasteiger partial charge in [-0.1, -0.05) is 48.1 Å². The van der Waals surface area contributed by atoms with E-state index in [-0.39, 0.29) is 17.8 Å². The Morgan fingerprint density at radius 2 is 1.91 bits per heavy atom. The molecule has 5 nitrogen and oxygen atoms in total. The van der Waals surface area contributed by atoms with Gasteiger partial charge in [-0.2, -0.15) is 0 Å². The van der Waals surface area contributed by atoms with Gasteiger partial charge in [0.25, 0.3) is 0 Å². The van der Waals surface area contributed by atoms with E-state index >= 15 is 0 Å². The van der Waals surface area contributed by atoms with Gasteiger partial charge in [0.15, 0.2) is 11.9 Å². The maximum Gasteiger partial charge on any atom is 0.331 e. The number of hydrogen-bond donors (Lipinski definition) is 1. The van der Waals surface area contributed by atoms with E-state index in [9.17, 15) is 14.7 Å². The average Bonchev–Trinajstić information content (AvgIpc) is 2.74. The molecule has 7 heteroatoms. The summed E-state index contributed by atoms with van der Waals surface area (Å²) >= 11 is 6.41. The summed E-state index contributed by atoms with van der Waals surface area (Å²) in [5.74, 6) is -0.833. The van der Waals surface area contributed by atoms with Crippen molar-refractivity contribution in [2.75, 3.05) is 12.9 Å². The summed E-state index contributed by atoms with van der Waals surface area (Å²) in [6, 6.07) is 0. The minimum atomic E-state index is -1.59. The first-order chi connectivity index (χ1) is 15.8. The predicted octanol–water partition coefficient (Wildman–Crippen LogP) is 6.04. The topological polar surface area (TPSA) is 72.8 Å². The average molecular weight is 507 g/mol. The smallest absolute Gasteiger partial charge is 0.331 e. The third kappa shape index (κ3) is 11.0. The zero-order valence-electron chi connectivity index (χ0n) is 21.3. The standard InChI is InChI=1S/C27H38O5S2/c1-19(2)9-8-13-26(5)14-10-21(18-31-25(33)34-7)22(28)11-16-27(6,30)23(12-15-26)32-24(29)17-20(3)4/h9-12,15-17,23,30H,8,13-14,18H2,1-7H3/b15-12+,16-11+,21-10-/t23-,26+,27-/m1/s1. The van der Waals surface area contributed by atoms with Gasteiger partial charge in [0.1, 0.15) is 12.2 Å². The molecule has 0 aromatic heterocycles. The van der Waals surface area contributed by atoms with Gasteiger partial charge in [0, 0.05) is 11.6 Å². The van der Waals surface area contributed by atoms with Crippen LogP contribution < -0.4 is 0 Å². The van der Waals surface area contributed by atoms with Gasteiger partial charge in [0.05, 0.1) is 0 Å². The largest absolute Gasteiger partial charge is 0.474 e. The number of esters is 1. The Hall–Kier alpha value is -1.96. The van der Waals surface area contributed by atoms with E-state index in [4.69, 9.17) is 21.7 Å². The molecule has 0 aromatic carbocycles. The summed E-state index contributed by atoms with van der Waals surface area (Å²) in [4.78, 5) is 25.3. The molecule has 1 aliphatic rings. The fourth-order valence-electron chi connectivity index (χ4n) is 3.24. The van der Waals surface area contributed by atoms with Crippen molar-refractivity contribution >= 4 is 40.1 Å². The van der Waals surface area contributed by atoms with Crippen LogP contribution in [0, 0.1) is 5.41 Å². The van der Waals surface area contributed by atoms with Crippen LogP contribution in [0.25, 0.3) is 0 Å². The van der Waals surface area contributed by atoms with E-state index in [0.717, 1.165) is 18.4 Å². The molecule has 188 valence electrons. The molecule has 0 radical (unpaired) electrons.